The van der Waals surface area contributed by atoms with Crippen LogP contribution in [0.4, 0.5) is 0 Å². The van der Waals surface area contributed by atoms with Gasteiger partial charge in [0.05, 0.1) is 19.8 Å². The fraction of sp³-hybridized carbons (Fsp3) is 0.455. The Bertz CT molecular complexity index is 776. The van der Waals surface area contributed by atoms with Gasteiger partial charge in [-0.15, -0.1) is 24.0 Å². The minimum atomic E-state index is -0.155. The first-order chi connectivity index (χ1) is 14.2. The molecule has 1 aliphatic rings. The van der Waals surface area contributed by atoms with Gasteiger partial charge in [-0.3, -0.25) is 0 Å². The molecule has 8 heteroatoms. The molecule has 1 saturated carbocycles. The predicted octanol–water partition coefficient (Wildman–Crippen LogP) is 3.86. The SMILES string of the molecule is CCNC(=NCc1ccc(Oc2ccc(OC)cc2)nc1)NC1CCC(O)CC1.I. The number of hydrogen-bond donors (Lipinski definition) is 3. The Balaban J connectivity index is 0.00000320. The number of benzene rings is 1. The van der Waals surface area contributed by atoms with E-state index in [1.807, 2.05) is 36.4 Å². The molecule has 1 aromatic carbocycles. The number of ether oxygens (including phenoxy) is 2. The Morgan fingerprint density at radius 1 is 1.10 bits per heavy atom. The van der Waals surface area contributed by atoms with E-state index in [2.05, 4.69) is 27.5 Å². The van der Waals surface area contributed by atoms with Crippen LogP contribution in [0.25, 0.3) is 0 Å². The summed E-state index contributed by atoms with van der Waals surface area (Å²) < 4.78 is 10.9. The molecule has 0 aliphatic heterocycles. The first-order valence-electron chi connectivity index (χ1n) is 10.2. The first-order valence-corrected chi connectivity index (χ1v) is 10.2. The molecule has 3 rings (SSSR count). The lowest BCUT2D eigenvalue weighted by Crippen LogP contribution is -2.45. The average Bonchev–Trinajstić information content (AvgIpc) is 2.75. The number of aliphatic hydroxyl groups excluding tert-OH is 1. The van der Waals surface area contributed by atoms with E-state index in [1.54, 1.807) is 13.3 Å². The maximum absolute atomic E-state index is 9.66. The highest BCUT2D eigenvalue weighted by atomic mass is 127. The number of nitrogens with zero attached hydrogens (tertiary/aromatic N) is 2. The Hall–Kier alpha value is -2.07. The van der Waals surface area contributed by atoms with Crippen molar-refractivity contribution in [1.82, 2.24) is 15.6 Å². The van der Waals surface area contributed by atoms with Crippen LogP contribution in [0.5, 0.6) is 17.4 Å². The average molecular weight is 526 g/mol. The van der Waals surface area contributed by atoms with Gasteiger partial charge in [-0.05, 0) is 62.4 Å². The largest absolute Gasteiger partial charge is 0.497 e. The standard InChI is InChI=1S/C22H30N4O3.HI/c1-3-23-22(26-17-5-7-18(27)8-6-17)25-15-16-4-13-21(24-14-16)29-20-11-9-19(28-2)10-12-20;/h4,9-14,17-18,27H,3,5-8,15H2,1-2H3,(H2,23,25,26);1H. The Labute approximate surface area is 195 Å². The smallest absolute Gasteiger partial charge is 0.219 e. The molecule has 0 saturated heterocycles. The molecule has 1 aromatic heterocycles. The van der Waals surface area contributed by atoms with Crippen LogP contribution in [0, 0.1) is 0 Å². The van der Waals surface area contributed by atoms with Gasteiger partial charge in [0.2, 0.25) is 5.88 Å². The van der Waals surface area contributed by atoms with Crippen molar-refractivity contribution in [1.29, 1.82) is 0 Å². The van der Waals surface area contributed by atoms with E-state index < -0.39 is 0 Å². The van der Waals surface area contributed by atoms with E-state index in [4.69, 9.17) is 9.47 Å². The highest BCUT2D eigenvalue weighted by Gasteiger charge is 2.19. The number of hydrogen-bond acceptors (Lipinski definition) is 5. The van der Waals surface area contributed by atoms with Gasteiger partial charge in [-0.2, -0.15) is 0 Å². The molecule has 0 spiro atoms. The van der Waals surface area contributed by atoms with Gasteiger partial charge in [0.1, 0.15) is 11.5 Å². The number of nitrogens with one attached hydrogen (secondary N) is 2. The van der Waals surface area contributed by atoms with Gasteiger partial charge in [0.15, 0.2) is 5.96 Å². The molecule has 1 heterocycles. The molecule has 3 N–H and O–H groups in total. The minimum absolute atomic E-state index is 0. The summed E-state index contributed by atoms with van der Waals surface area (Å²) in [5.41, 5.74) is 1.00. The Kier molecular flexibility index (Phi) is 10.2. The molecule has 7 nitrogen and oxygen atoms in total. The van der Waals surface area contributed by atoms with Gasteiger partial charge in [-0.25, -0.2) is 9.98 Å². The van der Waals surface area contributed by atoms with Crippen LogP contribution in [0.2, 0.25) is 0 Å². The third-order valence-corrected chi connectivity index (χ3v) is 4.88. The lowest BCUT2D eigenvalue weighted by Gasteiger charge is -2.27. The molecule has 0 bridgehead atoms. The zero-order chi connectivity index (χ0) is 20.5. The van der Waals surface area contributed by atoms with E-state index in [-0.39, 0.29) is 30.1 Å². The van der Waals surface area contributed by atoms with Gasteiger partial charge >= 0.3 is 0 Å². The maximum atomic E-state index is 9.66. The number of aromatic nitrogens is 1. The number of rotatable bonds is 7. The monoisotopic (exact) mass is 526 g/mol. The van der Waals surface area contributed by atoms with Crippen molar-refractivity contribution in [2.45, 2.75) is 51.3 Å². The van der Waals surface area contributed by atoms with Gasteiger partial charge < -0.3 is 25.2 Å². The van der Waals surface area contributed by atoms with E-state index >= 15 is 0 Å². The maximum Gasteiger partial charge on any atom is 0.219 e. The first kappa shape index (κ1) is 24.2. The normalized spacial score (nSPS) is 18.8. The molecule has 0 radical (unpaired) electrons. The zero-order valence-electron chi connectivity index (χ0n) is 17.5. The third kappa shape index (κ3) is 7.64. The molecule has 30 heavy (non-hydrogen) atoms. The number of guanidine groups is 1. The summed E-state index contributed by atoms with van der Waals surface area (Å²) in [6, 6.07) is 11.6. The van der Waals surface area contributed by atoms with Crippen LogP contribution >= 0.6 is 24.0 Å². The van der Waals surface area contributed by atoms with Crippen LogP contribution in [0.1, 0.15) is 38.2 Å². The quantitative estimate of drug-likeness (QED) is 0.289. The number of methoxy groups -OCH3 is 1. The highest BCUT2D eigenvalue weighted by Crippen LogP contribution is 2.22. The number of pyridine rings is 1. The molecule has 0 unspecified atom stereocenters. The highest BCUT2D eigenvalue weighted by molar-refractivity contribution is 14.0. The Morgan fingerprint density at radius 2 is 1.80 bits per heavy atom. The number of halogens is 1. The lowest BCUT2D eigenvalue weighted by molar-refractivity contribution is 0.120. The van der Waals surface area contributed by atoms with Crippen LogP contribution < -0.4 is 20.1 Å². The van der Waals surface area contributed by atoms with Crippen molar-refractivity contribution in [2.75, 3.05) is 13.7 Å². The zero-order valence-corrected chi connectivity index (χ0v) is 19.8. The number of aliphatic imine (C=N–C) groups is 1. The summed E-state index contributed by atoms with van der Waals surface area (Å²) in [4.78, 5) is 9.04. The van der Waals surface area contributed by atoms with Gasteiger partial charge in [0, 0.05) is 24.8 Å². The van der Waals surface area contributed by atoms with E-state index in [0.717, 1.165) is 49.5 Å². The van der Waals surface area contributed by atoms with Crippen LogP contribution in [-0.4, -0.2) is 41.9 Å². The van der Waals surface area contributed by atoms with Gasteiger partial charge in [-0.1, -0.05) is 6.07 Å². The van der Waals surface area contributed by atoms with Crippen LogP contribution in [0.3, 0.4) is 0 Å². The van der Waals surface area contributed by atoms with Crippen molar-refractivity contribution < 1.29 is 14.6 Å². The molecule has 1 fully saturated rings. The topological polar surface area (TPSA) is 88.0 Å². The van der Waals surface area contributed by atoms with E-state index in [1.165, 1.54) is 0 Å². The van der Waals surface area contributed by atoms with Crippen molar-refractivity contribution in [3.05, 3.63) is 48.2 Å². The second-order valence-corrected chi connectivity index (χ2v) is 7.13. The van der Waals surface area contributed by atoms with E-state index in [9.17, 15) is 5.11 Å². The molecule has 0 atom stereocenters. The molecular weight excluding hydrogens is 495 g/mol. The second-order valence-electron chi connectivity index (χ2n) is 7.13. The summed E-state index contributed by atoms with van der Waals surface area (Å²) in [5.74, 6) is 2.83. The third-order valence-electron chi connectivity index (χ3n) is 4.88. The molecule has 0 amide bonds. The number of aliphatic hydroxyl groups is 1. The summed E-state index contributed by atoms with van der Waals surface area (Å²) in [7, 11) is 1.63. The van der Waals surface area contributed by atoms with Crippen molar-refractivity contribution in [3.8, 4) is 17.4 Å². The van der Waals surface area contributed by atoms with Crippen molar-refractivity contribution in [3.63, 3.8) is 0 Å². The molecule has 2 aromatic rings. The summed E-state index contributed by atoms with van der Waals surface area (Å²) in [6.45, 7) is 3.38. The molecular formula is C22H31IN4O3. The van der Waals surface area contributed by atoms with E-state index in [0.29, 0.717) is 24.2 Å². The van der Waals surface area contributed by atoms with Crippen LogP contribution in [0.15, 0.2) is 47.6 Å². The van der Waals surface area contributed by atoms with Crippen molar-refractivity contribution >= 4 is 29.9 Å². The molecule has 1 aliphatic carbocycles. The van der Waals surface area contributed by atoms with Crippen molar-refractivity contribution in [2.24, 2.45) is 4.99 Å². The summed E-state index contributed by atoms with van der Waals surface area (Å²) >= 11 is 0. The van der Waals surface area contributed by atoms with Gasteiger partial charge in [0.25, 0.3) is 0 Å². The minimum Gasteiger partial charge on any atom is -0.497 e. The fourth-order valence-electron chi connectivity index (χ4n) is 3.23. The molecule has 164 valence electrons. The second kappa shape index (κ2) is 12.6. The van der Waals surface area contributed by atoms with Crippen LogP contribution in [-0.2, 0) is 6.54 Å². The fourth-order valence-corrected chi connectivity index (χ4v) is 3.23. The summed E-state index contributed by atoms with van der Waals surface area (Å²) in [6.07, 6.45) is 5.24. The predicted molar refractivity (Wildman–Crippen MR) is 129 cm³/mol. The Morgan fingerprint density at radius 3 is 2.40 bits per heavy atom. The lowest BCUT2D eigenvalue weighted by atomic mass is 9.93. The summed E-state index contributed by atoms with van der Waals surface area (Å²) in [5, 5.41) is 16.4.